The van der Waals surface area contributed by atoms with Crippen LogP contribution in [0.4, 0.5) is 0 Å². The Hall–Kier alpha value is -1.95. The Morgan fingerprint density at radius 3 is 2.80 bits per heavy atom. The van der Waals surface area contributed by atoms with Crippen LogP contribution >= 0.6 is 0 Å². The molecule has 132 valence electrons. The van der Waals surface area contributed by atoms with Crippen LogP contribution in [-0.4, -0.2) is 32.8 Å². The lowest BCUT2D eigenvalue weighted by atomic mass is 10.0. The number of oxazole rings is 1. The minimum atomic E-state index is 0.0169. The zero-order valence-electron chi connectivity index (χ0n) is 14.5. The predicted octanol–water partition coefficient (Wildman–Crippen LogP) is 2.12. The highest BCUT2D eigenvalue weighted by Crippen LogP contribution is 2.38. The van der Waals surface area contributed by atoms with E-state index in [1.807, 2.05) is 6.07 Å². The second-order valence-electron chi connectivity index (χ2n) is 7.80. The topological polar surface area (TPSA) is 64.2 Å². The van der Waals surface area contributed by atoms with Gasteiger partial charge in [-0.15, -0.1) is 0 Å². The third-order valence-corrected chi connectivity index (χ3v) is 5.60. The summed E-state index contributed by atoms with van der Waals surface area (Å²) in [7, 11) is 0. The van der Waals surface area contributed by atoms with E-state index in [4.69, 9.17) is 4.42 Å². The first kappa shape index (κ1) is 15.3. The molecular weight excluding hydrogens is 316 g/mol. The van der Waals surface area contributed by atoms with Gasteiger partial charge in [-0.05, 0) is 38.2 Å². The number of likely N-dealkylation sites (tertiary alicyclic amines) is 1. The summed E-state index contributed by atoms with van der Waals surface area (Å²) < 4.78 is 7.58. The van der Waals surface area contributed by atoms with Crippen LogP contribution in [0, 0.1) is 5.92 Å². The summed E-state index contributed by atoms with van der Waals surface area (Å²) in [5.41, 5.74) is 2.27. The molecular formula is C19H24N4O2. The van der Waals surface area contributed by atoms with Crippen molar-refractivity contribution in [2.45, 2.75) is 57.5 Å². The fourth-order valence-electron chi connectivity index (χ4n) is 4.02. The van der Waals surface area contributed by atoms with Crippen LogP contribution < -0.4 is 5.56 Å². The standard InChI is InChI=1S/C19H24N4O2/c24-19-8-7-15(14-5-6-14)21-23(19)11-13-9-22(10-13)12-18-20-16-3-1-2-4-17(16)25-18/h7-8,13-14H,1-6,9-12H2. The number of fused-ring (bicyclic) bond motifs is 1. The molecule has 2 aromatic rings. The molecule has 0 unspecified atom stereocenters. The van der Waals surface area contributed by atoms with Crippen molar-refractivity contribution in [2.75, 3.05) is 13.1 Å². The van der Waals surface area contributed by atoms with Crippen LogP contribution in [0.2, 0.25) is 0 Å². The average molecular weight is 340 g/mol. The predicted molar refractivity (Wildman–Crippen MR) is 92.4 cm³/mol. The molecule has 0 N–H and O–H groups in total. The summed E-state index contributed by atoms with van der Waals surface area (Å²) in [5, 5.41) is 4.56. The van der Waals surface area contributed by atoms with Gasteiger partial charge < -0.3 is 4.42 Å². The van der Waals surface area contributed by atoms with E-state index < -0.39 is 0 Å². The lowest BCUT2D eigenvalue weighted by Crippen LogP contribution is -2.49. The van der Waals surface area contributed by atoms with E-state index in [1.165, 1.54) is 31.4 Å². The lowest BCUT2D eigenvalue weighted by molar-refractivity contribution is 0.0675. The molecule has 6 heteroatoms. The summed E-state index contributed by atoms with van der Waals surface area (Å²) in [6.07, 6.45) is 6.97. The van der Waals surface area contributed by atoms with Crippen molar-refractivity contribution >= 4 is 0 Å². The second kappa shape index (κ2) is 6.09. The number of rotatable bonds is 5. The Balaban J connectivity index is 1.17. The van der Waals surface area contributed by atoms with Gasteiger partial charge in [0, 0.05) is 37.4 Å². The van der Waals surface area contributed by atoms with Crippen LogP contribution in [0.25, 0.3) is 0 Å². The molecule has 6 nitrogen and oxygen atoms in total. The minimum Gasteiger partial charge on any atom is -0.444 e. The second-order valence-corrected chi connectivity index (χ2v) is 7.80. The van der Waals surface area contributed by atoms with Crippen LogP contribution in [0.3, 0.4) is 0 Å². The minimum absolute atomic E-state index is 0.0169. The Morgan fingerprint density at radius 2 is 2.00 bits per heavy atom. The van der Waals surface area contributed by atoms with Gasteiger partial charge in [-0.3, -0.25) is 9.69 Å². The molecule has 2 aliphatic carbocycles. The number of hydrogen-bond donors (Lipinski definition) is 0. The van der Waals surface area contributed by atoms with Gasteiger partial charge in [0.15, 0.2) is 0 Å². The number of hydrogen-bond acceptors (Lipinski definition) is 5. The Kier molecular flexibility index (Phi) is 3.73. The molecule has 0 amide bonds. The van der Waals surface area contributed by atoms with Gasteiger partial charge in [0.2, 0.25) is 5.89 Å². The highest BCUT2D eigenvalue weighted by molar-refractivity contribution is 5.14. The van der Waals surface area contributed by atoms with E-state index in [0.29, 0.717) is 11.8 Å². The Labute approximate surface area is 146 Å². The average Bonchev–Trinajstić information content (AvgIpc) is 3.34. The van der Waals surface area contributed by atoms with Crippen molar-refractivity contribution < 1.29 is 4.42 Å². The van der Waals surface area contributed by atoms with Gasteiger partial charge in [-0.2, -0.15) is 5.10 Å². The van der Waals surface area contributed by atoms with Gasteiger partial charge >= 0.3 is 0 Å². The van der Waals surface area contributed by atoms with E-state index in [1.54, 1.807) is 10.7 Å². The molecule has 1 aliphatic heterocycles. The van der Waals surface area contributed by atoms with Crippen molar-refractivity contribution in [3.05, 3.63) is 45.5 Å². The molecule has 3 heterocycles. The molecule has 0 atom stereocenters. The first-order valence-electron chi connectivity index (χ1n) is 9.52. The van der Waals surface area contributed by atoms with Gasteiger partial charge in [0.25, 0.3) is 5.56 Å². The van der Waals surface area contributed by atoms with Gasteiger partial charge in [0.1, 0.15) is 5.76 Å². The maximum Gasteiger partial charge on any atom is 0.266 e. The highest BCUT2D eigenvalue weighted by Gasteiger charge is 2.30. The molecule has 2 aromatic heterocycles. The molecule has 1 saturated heterocycles. The number of aryl methyl sites for hydroxylation is 2. The molecule has 0 spiro atoms. The van der Waals surface area contributed by atoms with Crippen molar-refractivity contribution in [3.8, 4) is 0 Å². The van der Waals surface area contributed by atoms with E-state index in [0.717, 1.165) is 56.4 Å². The van der Waals surface area contributed by atoms with Crippen molar-refractivity contribution in [1.29, 1.82) is 0 Å². The van der Waals surface area contributed by atoms with E-state index in [9.17, 15) is 4.79 Å². The van der Waals surface area contributed by atoms with Crippen molar-refractivity contribution in [2.24, 2.45) is 5.92 Å². The fourth-order valence-corrected chi connectivity index (χ4v) is 4.02. The monoisotopic (exact) mass is 340 g/mol. The Morgan fingerprint density at radius 1 is 1.16 bits per heavy atom. The first-order chi connectivity index (χ1) is 12.2. The summed E-state index contributed by atoms with van der Waals surface area (Å²) in [6.45, 7) is 3.47. The fraction of sp³-hybridized carbons (Fsp3) is 0.632. The van der Waals surface area contributed by atoms with Crippen molar-refractivity contribution in [1.82, 2.24) is 19.7 Å². The van der Waals surface area contributed by atoms with E-state index >= 15 is 0 Å². The van der Waals surface area contributed by atoms with Crippen LogP contribution in [0.15, 0.2) is 21.3 Å². The third kappa shape index (κ3) is 3.15. The van der Waals surface area contributed by atoms with Crippen LogP contribution in [0.5, 0.6) is 0 Å². The highest BCUT2D eigenvalue weighted by atomic mass is 16.4. The largest absolute Gasteiger partial charge is 0.444 e. The molecule has 0 radical (unpaired) electrons. The van der Waals surface area contributed by atoms with Crippen LogP contribution in [0.1, 0.15) is 54.6 Å². The lowest BCUT2D eigenvalue weighted by Gasteiger charge is -2.38. The van der Waals surface area contributed by atoms with Gasteiger partial charge in [-0.1, -0.05) is 0 Å². The van der Waals surface area contributed by atoms with Gasteiger partial charge in [0.05, 0.1) is 24.5 Å². The molecule has 0 bridgehead atoms. The van der Waals surface area contributed by atoms with E-state index in [-0.39, 0.29) is 5.56 Å². The Bertz CT molecular complexity index is 807. The summed E-state index contributed by atoms with van der Waals surface area (Å²) in [4.78, 5) is 19.0. The third-order valence-electron chi connectivity index (χ3n) is 5.60. The molecule has 25 heavy (non-hydrogen) atoms. The number of nitrogens with zero attached hydrogens (tertiary/aromatic N) is 4. The summed E-state index contributed by atoms with van der Waals surface area (Å²) in [6, 6.07) is 3.57. The van der Waals surface area contributed by atoms with Crippen molar-refractivity contribution in [3.63, 3.8) is 0 Å². The summed E-state index contributed by atoms with van der Waals surface area (Å²) in [5.74, 6) is 3.03. The summed E-state index contributed by atoms with van der Waals surface area (Å²) >= 11 is 0. The zero-order chi connectivity index (χ0) is 16.8. The van der Waals surface area contributed by atoms with E-state index in [2.05, 4.69) is 15.0 Å². The normalized spacial score (nSPS) is 21.1. The maximum atomic E-state index is 12.0. The molecule has 0 aromatic carbocycles. The quantitative estimate of drug-likeness (QED) is 0.834. The number of aromatic nitrogens is 3. The molecule has 2 fully saturated rings. The maximum absolute atomic E-state index is 12.0. The molecule has 1 saturated carbocycles. The SMILES string of the molecule is O=c1ccc(C2CC2)nn1CC1CN(Cc2nc3c(o2)CCCC3)C1. The molecule has 5 rings (SSSR count). The zero-order valence-corrected chi connectivity index (χ0v) is 14.5. The first-order valence-corrected chi connectivity index (χ1v) is 9.52. The smallest absolute Gasteiger partial charge is 0.266 e. The van der Waals surface area contributed by atoms with Gasteiger partial charge in [-0.25, -0.2) is 9.67 Å². The van der Waals surface area contributed by atoms with Crippen LogP contribution in [-0.2, 0) is 25.9 Å². The molecule has 3 aliphatic rings.